The number of anilines is 1. The number of carbonyl (C=O) groups excluding carboxylic acids is 2. The molecule has 0 atom stereocenters. The number of hydrogen-bond donors (Lipinski definition) is 2. The number of nitrogens with one attached hydrogen (secondary N) is 2. The summed E-state index contributed by atoms with van der Waals surface area (Å²) in [6, 6.07) is 3.67. The number of halogens is 1. The molecule has 2 rings (SSSR count). The monoisotopic (exact) mass is 334 g/mol. The molecule has 2 N–H and O–H groups in total. The first kappa shape index (κ1) is 17.5. The molecule has 0 aliphatic heterocycles. The Morgan fingerprint density at radius 3 is 2.61 bits per heavy atom. The fraction of sp³-hybridized carbons (Fsp3) is 0.444. The van der Waals surface area contributed by atoms with Gasteiger partial charge in [0.25, 0.3) is 0 Å². The van der Waals surface area contributed by atoms with E-state index in [-0.39, 0.29) is 0 Å². The van der Waals surface area contributed by atoms with Crippen LogP contribution in [0.3, 0.4) is 0 Å². The van der Waals surface area contributed by atoms with Gasteiger partial charge in [0.05, 0.1) is 10.7 Å². The molecule has 0 spiro atoms. The molecule has 1 aliphatic carbocycles. The second kappa shape index (κ2) is 8.16. The first-order valence-corrected chi connectivity index (χ1v) is 8.39. The number of hydrogen-bond acceptors (Lipinski definition) is 2. The molecule has 0 heterocycles. The smallest absolute Gasteiger partial charge is 0.313 e. The third-order valence-corrected chi connectivity index (χ3v) is 4.29. The average Bonchev–Trinajstić information content (AvgIpc) is 2.51. The molecule has 2 amide bonds. The lowest BCUT2D eigenvalue weighted by atomic mass is 9.97. The van der Waals surface area contributed by atoms with E-state index in [1.54, 1.807) is 6.07 Å². The molecule has 0 radical (unpaired) electrons. The zero-order chi connectivity index (χ0) is 16.8. The maximum Gasteiger partial charge on any atom is 0.313 e. The van der Waals surface area contributed by atoms with Crippen molar-refractivity contribution in [3.8, 4) is 0 Å². The molecule has 4 nitrogen and oxygen atoms in total. The highest BCUT2D eigenvalue weighted by Gasteiger charge is 2.16. The van der Waals surface area contributed by atoms with Gasteiger partial charge in [0, 0.05) is 6.54 Å². The van der Waals surface area contributed by atoms with Crippen molar-refractivity contribution in [1.82, 2.24) is 5.32 Å². The Kier molecular flexibility index (Phi) is 6.22. The van der Waals surface area contributed by atoms with Gasteiger partial charge >= 0.3 is 11.8 Å². The van der Waals surface area contributed by atoms with Gasteiger partial charge in [-0.2, -0.15) is 0 Å². The van der Waals surface area contributed by atoms with Crippen LogP contribution in [0.5, 0.6) is 0 Å². The summed E-state index contributed by atoms with van der Waals surface area (Å²) in [6.45, 7) is 4.26. The summed E-state index contributed by atoms with van der Waals surface area (Å²) < 4.78 is 0. The Bertz CT molecular complexity index is 615. The lowest BCUT2D eigenvalue weighted by Crippen LogP contribution is -2.36. The van der Waals surface area contributed by atoms with E-state index in [9.17, 15) is 9.59 Å². The third kappa shape index (κ3) is 5.10. The van der Waals surface area contributed by atoms with Crippen LogP contribution in [0.1, 0.15) is 43.2 Å². The summed E-state index contributed by atoms with van der Waals surface area (Å²) in [4.78, 5) is 23.9. The third-order valence-electron chi connectivity index (χ3n) is 3.99. The van der Waals surface area contributed by atoms with Crippen molar-refractivity contribution in [2.75, 3.05) is 11.9 Å². The first-order valence-electron chi connectivity index (χ1n) is 8.01. The molecule has 0 fully saturated rings. The van der Waals surface area contributed by atoms with Gasteiger partial charge in [0.2, 0.25) is 0 Å². The van der Waals surface area contributed by atoms with Crippen molar-refractivity contribution in [2.24, 2.45) is 0 Å². The largest absolute Gasteiger partial charge is 0.348 e. The summed E-state index contributed by atoms with van der Waals surface area (Å²) in [7, 11) is 0. The van der Waals surface area contributed by atoms with Crippen LogP contribution in [0, 0.1) is 13.8 Å². The molecule has 124 valence electrons. The van der Waals surface area contributed by atoms with E-state index >= 15 is 0 Å². The van der Waals surface area contributed by atoms with Crippen LogP contribution in [-0.4, -0.2) is 18.4 Å². The molecule has 0 saturated heterocycles. The number of allylic oxidation sites excluding steroid dienone is 1. The molecule has 1 aromatic carbocycles. The Morgan fingerprint density at radius 2 is 1.96 bits per heavy atom. The highest BCUT2D eigenvalue weighted by atomic mass is 35.5. The van der Waals surface area contributed by atoms with E-state index in [1.165, 1.54) is 18.4 Å². The first-order chi connectivity index (χ1) is 11.0. The van der Waals surface area contributed by atoms with Gasteiger partial charge in [-0.15, -0.1) is 0 Å². The molecule has 0 bridgehead atoms. The zero-order valence-corrected chi connectivity index (χ0v) is 14.4. The van der Waals surface area contributed by atoms with Crippen molar-refractivity contribution < 1.29 is 9.59 Å². The molecule has 5 heteroatoms. The van der Waals surface area contributed by atoms with E-state index < -0.39 is 11.8 Å². The van der Waals surface area contributed by atoms with Crippen molar-refractivity contribution in [1.29, 1.82) is 0 Å². The van der Waals surface area contributed by atoms with Crippen molar-refractivity contribution in [3.05, 3.63) is 39.9 Å². The highest BCUT2D eigenvalue weighted by molar-refractivity contribution is 6.41. The Hall–Kier alpha value is -1.81. The predicted molar refractivity (Wildman–Crippen MR) is 93.7 cm³/mol. The van der Waals surface area contributed by atoms with Crippen LogP contribution in [0.4, 0.5) is 5.69 Å². The van der Waals surface area contributed by atoms with Crippen LogP contribution in [0.15, 0.2) is 23.8 Å². The van der Waals surface area contributed by atoms with Gasteiger partial charge in [-0.1, -0.05) is 29.3 Å². The van der Waals surface area contributed by atoms with E-state index in [2.05, 4.69) is 16.7 Å². The Morgan fingerprint density at radius 1 is 1.17 bits per heavy atom. The minimum absolute atomic E-state index is 0.441. The van der Waals surface area contributed by atoms with Crippen LogP contribution in [0.25, 0.3) is 0 Å². The fourth-order valence-electron chi connectivity index (χ4n) is 2.79. The minimum atomic E-state index is -0.684. The van der Waals surface area contributed by atoms with Gasteiger partial charge in [0.15, 0.2) is 0 Å². The van der Waals surface area contributed by atoms with Gasteiger partial charge in [-0.3, -0.25) is 9.59 Å². The van der Waals surface area contributed by atoms with E-state index in [0.717, 1.165) is 30.4 Å². The maximum atomic E-state index is 12.0. The van der Waals surface area contributed by atoms with Gasteiger partial charge in [0.1, 0.15) is 0 Å². The van der Waals surface area contributed by atoms with Crippen molar-refractivity contribution in [2.45, 2.75) is 46.0 Å². The van der Waals surface area contributed by atoms with Gasteiger partial charge < -0.3 is 10.6 Å². The number of carbonyl (C=O) groups is 2. The fourth-order valence-corrected chi connectivity index (χ4v) is 3.16. The van der Waals surface area contributed by atoms with Crippen LogP contribution in [-0.2, 0) is 9.59 Å². The van der Waals surface area contributed by atoms with Gasteiger partial charge in [-0.05, 0) is 63.1 Å². The lowest BCUT2D eigenvalue weighted by molar-refractivity contribution is -0.136. The number of amides is 2. The van der Waals surface area contributed by atoms with Gasteiger partial charge in [-0.25, -0.2) is 0 Å². The number of rotatable bonds is 4. The quantitative estimate of drug-likeness (QED) is 0.648. The van der Waals surface area contributed by atoms with E-state index in [1.807, 2.05) is 19.9 Å². The molecular weight excluding hydrogens is 312 g/mol. The molecule has 0 saturated carbocycles. The molecule has 1 aliphatic rings. The van der Waals surface area contributed by atoms with Crippen molar-refractivity contribution in [3.63, 3.8) is 0 Å². The average molecular weight is 335 g/mol. The van der Waals surface area contributed by atoms with E-state index in [0.29, 0.717) is 17.3 Å². The summed E-state index contributed by atoms with van der Waals surface area (Å²) in [5.41, 5.74) is 3.71. The SMILES string of the molecule is Cc1cc(C)c(NC(=O)C(=O)NCCC2=CCCCC2)c(Cl)c1. The topological polar surface area (TPSA) is 58.2 Å². The molecular formula is C18H23ClN2O2. The number of aryl methyl sites for hydroxylation is 2. The second-order valence-corrected chi connectivity index (χ2v) is 6.41. The predicted octanol–water partition coefficient (Wildman–Crippen LogP) is 3.90. The van der Waals surface area contributed by atoms with Crippen LogP contribution in [0.2, 0.25) is 5.02 Å². The molecule has 0 unspecified atom stereocenters. The van der Waals surface area contributed by atoms with Crippen molar-refractivity contribution >= 4 is 29.1 Å². The molecule has 0 aromatic heterocycles. The summed E-state index contributed by atoms with van der Waals surface area (Å²) in [5.74, 6) is -1.31. The van der Waals surface area contributed by atoms with Crippen LogP contribution >= 0.6 is 11.6 Å². The standard InChI is InChI=1S/C18H23ClN2O2/c1-12-10-13(2)16(15(19)11-12)21-18(23)17(22)20-9-8-14-6-4-3-5-7-14/h6,10-11H,3-5,7-9H2,1-2H3,(H,20,22)(H,21,23). The molecule has 1 aromatic rings. The zero-order valence-electron chi connectivity index (χ0n) is 13.7. The van der Waals surface area contributed by atoms with E-state index in [4.69, 9.17) is 11.6 Å². The summed E-state index contributed by atoms with van der Waals surface area (Å²) in [5, 5.41) is 5.70. The number of benzene rings is 1. The normalized spacial score (nSPS) is 14.1. The maximum absolute atomic E-state index is 12.0. The highest BCUT2D eigenvalue weighted by Crippen LogP contribution is 2.27. The minimum Gasteiger partial charge on any atom is -0.348 e. The second-order valence-electron chi connectivity index (χ2n) is 6.01. The summed E-state index contributed by atoms with van der Waals surface area (Å²) in [6.07, 6.45) is 7.73. The lowest BCUT2D eigenvalue weighted by Gasteiger charge is -2.13. The summed E-state index contributed by atoms with van der Waals surface area (Å²) >= 11 is 6.14. The van der Waals surface area contributed by atoms with Crippen LogP contribution < -0.4 is 10.6 Å². The molecule has 23 heavy (non-hydrogen) atoms. The Balaban J connectivity index is 1.85. The Labute approximate surface area is 142 Å².